The van der Waals surface area contributed by atoms with E-state index in [9.17, 15) is 4.79 Å². The van der Waals surface area contributed by atoms with Crippen LogP contribution in [0.25, 0.3) is 11.4 Å². The van der Waals surface area contributed by atoms with Gasteiger partial charge in [-0.1, -0.05) is 41.9 Å². The largest absolute Gasteiger partial charge is 0.481 e. The van der Waals surface area contributed by atoms with Crippen molar-refractivity contribution in [2.45, 2.75) is 33.1 Å². The van der Waals surface area contributed by atoms with E-state index < -0.39 is 5.97 Å². The Morgan fingerprint density at radius 3 is 2.05 bits per heavy atom. The molecular weight excluding hydrogens is 332 g/mol. The van der Waals surface area contributed by atoms with Gasteiger partial charge < -0.3 is 5.11 Å². The molecule has 21 heavy (non-hydrogen) atoms. The van der Waals surface area contributed by atoms with Crippen molar-refractivity contribution in [3.05, 3.63) is 45.7 Å². The molecule has 4 nitrogen and oxygen atoms in total. The molecular formula is C16H17BrN2O2. The van der Waals surface area contributed by atoms with Crippen LogP contribution in [0, 0.1) is 0 Å². The summed E-state index contributed by atoms with van der Waals surface area (Å²) in [6, 6.07) is 7.80. The highest BCUT2D eigenvalue weighted by Crippen LogP contribution is 2.22. The van der Waals surface area contributed by atoms with Crippen LogP contribution in [-0.4, -0.2) is 21.0 Å². The molecule has 0 bridgehead atoms. The third kappa shape index (κ3) is 3.67. The number of halogens is 1. The lowest BCUT2D eigenvalue weighted by molar-refractivity contribution is -0.136. The number of rotatable bonds is 5. The Labute approximate surface area is 132 Å². The minimum absolute atomic E-state index is 0.0209. The molecule has 2 aromatic rings. The standard InChI is InChI=1S/C16H17BrN2O2/c1-3-13-12(9-15(20)21)14(4-2)19-16(18-13)10-5-7-11(17)8-6-10/h5-8H,3-4,9H2,1-2H3,(H,20,21). The summed E-state index contributed by atoms with van der Waals surface area (Å²) >= 11 is 3.41. The zero-order valence-electron chi connectivity index (χ0n) is 12.1. The van der Waals surface area contributed by atoms with Crippen LogP contribution in [0.15, 0.2) is 28.7 Å². The third-order valence-corrected chi connectivity index (χ3v) is 3.81. The fraction of sp³-hybridized carbons (Fsp3) is 0.312. The number of aryl methyl sites for hydroxylation is 2. The van der Waals surface area contributed by atoms with E-state index in [4.69, 9.17) is 5.11 Å². The highest BCUT2D eigenvalue weighted by Gasteiger charge is 2.15. The summed E-state index contributed by atoms with van der Waals surface area (Å²) in [4.78, 5) is 20.2. The van der Waals surface area contributed by atoms with Gasteiger partial charge in [0.05, 0.1) is 6.42 Å². The molecule has 1 heterocycles. The Bertz CT molecular complexity index is 629. The average molecular weight is 349 g/mol. The number of carbonyl (C=O) groups is 1. The fourth-order valence-electron chi connectivity index (χ4n) is 2.25. The molecule has 0 atom stereocenters. The third-order valence-electron chi connectivity index (χ3n) is 3.28. The molecule has 110 valence electrons. The maximum atomic E-state index is 11.0. The molecule has 0 unspecified atom stereocenters. The second-order valence-electron chi connectivity index (χ2n) is 4.70. The predicted octanol–water partition coefficient (Wildman–Crippen LogP) is 3.66. The van der Waals surface area contributed by atoms with Crippen molar-refractivity contribution in [1.29, 1.82) is 0 Å². The Morgan fingerprint density at radius 1 is 1.10 bits per heavy atom. The molecule has 0 spiro atoms. The quantitative estimate of drug-likeness (QED) is 0.895. The highest BCUT2D eigenvalue weighted by molar-refractivity contribution is 9.10. The molecule has 2 rings (SSSR count). The zero-order valence-corrected chi connectivity index (χ0v) is 13.6. The molecule has 0 amide bonds. The summed E-state index contributed by atoms with van der Waals surface area (Å²) < 4.78 is 1.00. The van der Waals surface area contributed by atoms with Gasteiger partial charge in [-0.2, -0.15) is 0 Å². The Balaban J connectivity index is 2.54. The number of carboxylic acids is 1. The first kappa shape index (κ1) is 15.6. The van der Waals surface area contributed by atoms with Crippen LogP contribution in [0.3, 0.4) is 0 Å². The molecule has 0 fully saturated rings. The van der Waals surface area contributed by atoms with Crippen LogP contribution < -0.4 is 0 Å². The van der Waals surface area contributed by atoms with Gasteiger partial charge >= 0.3 is 5.97 Å². The van der Waals surface area contributed by atoms with Crippen molar-refractivity contribution in [2.24, 2.45) is 0 Å². The van der Waals surface area contributed by atoms with E-state index in [1.807, 2.05) is 38.1 Å². The SMILES string of the molecule is CCc1nc(-c2ccc(Br)cc2)nc(CC)c1CC(=O)O. The van der Waals surface area contributed by atoms with Gasteiger partial charge in [0.2, 0.25) is 0 Å². The molecule has 5 heteroatoms. The summed E-state index contributed by atoms with van der Waals surface area (Å²) in [7, 11) is 0. The summed E-state index contributed by atoms with van der Waals surface area (Å²) in [5.74, 6) is -0.190. The Morgan fingerprint density at radius 2 is 1.62 bits per heavy atom. The van der Waals surface area contributed by atoms with Crippen LogP contribution in [0.1, 0.15) is 30.8 Å². The van der Waals surface area contributed by atoms with E-state index in [0.717, 1.165) is 27.0 Å². The molecule has 0 saturated heterocycles. The number of aromatic nitrogens is 2. The first-order valence-electron chi connectivity index (χ1n) is 6.91. The molecule has 0 saturated carbocycles. The number of carboxylic acid groups (broad SMARTS) is 1. The van der Waals surface area contributed by atoms with Crippen molar-refractivity contribution in [3.63, 3.8) is 0 Å². The predicted molar refractivity (Wildman–Crippen MR) is 85.3 cm³/mol. The summed E-state index contributed by atoms with van der Waals surface area (Å²) in [5, 5.41) is 9.06. The molecule has 1 N–H and O–H groups in total. The van der Waals surface area contributed by atoms with Crippen molar-refractivity contribution >= 4 is 21.9 Å². The van der Waals surface area contributed by atoms with E-state index in [2.05, 4.69) is 25.9 Å². The van der Waals surface area contributed by atoms with Gasteiger partial charge in [-0.25, -0.2) is 9.97 Å². The Hall–Kier alpha value is -1.75. The monoisotopic (exact) mass is 348 g/mol. The second-order valence-corrected chi connectivity index (χ2v) is 5.62. The van der Waals surface area contributed by atoms with Crippen molar-refractivity contribution < 1.29 is 9.90 Å². The maximum Gasteiger partial charge on any atom is 0.307 e. The van der Waals surface area contributed by atoms with Crippen LogP contribution in [0.4, 0.5) is 0 Å². The van der Waals surface area contributed by atoms with Gasteiger partial charge in [-0.3, -0.25) is 4.79 Å². The normalized spacial score (nSPS) is 10.6. The van der Waals surface area contributed by atoms with E-state index >= 15 is 0 Å². The topological polar surface area (TPSA) is 63.1 Å². The smallest absolute Gasteiger partial charge is 0.307 e. The molecule has 0 radical (unpaired) electrons. The molecule has 1 aromatic heterocycles. The van der Waals surface area contributed by atoms with Gasteiger partial charge in [0.15, 0.2) is 5.82 Å². The van der Waals surface area contributed by atoms with Gasteiger partial charge in [-0.15, -0.1) is 0 Å². The lowest BCUT2D eigenvalue weighted by atomic mass is 10.0. The van der Waals surface area contributed by atoms with Crippen LogP contribution in [0.5, 0.6) is 0 Å². The van der Waals surface area contributed by atoms with Crippen LogP contribution in [-0.2, 0) is 24.1 Å². The summed E-state index contributed by atoms with van der Waals surface area (Å²) in [6.07, 6.45) is 1.37. The van der Waals surface area contributed by atoms with Gasteiger partial charge in [0.1, 0.15) is 0 Å². The lowest BCUT2D eigenvalue weighted by Crippen LogP contribution is -2.11. The highest BCUT2D eigenvalue weighted by atomic mass is 79.9. The summed E-state index contributed by atoms with van der Waals surface area (Å²) in [6.45, 7) is 3.97. The molecule has 0 aliphatic rings. The fourth-order valence-corrected chi connectivity index (χ4v) is 2.51. The van der Waals surface area contributed by atoms with E-state index in [0.29, 0.717) is 18.7 Å². The Kier molecular flexibility index (Phi) is 5.07. The van der Waals surface area contributed by atoms with Gasteiger partial charge in [0.25, 0.3) is 0 Å². The molecule has 1 aromatic carbocycles. The number of hydrogen-bond acceptors (Lipinski definition) is 3. The minimum Gasteiger partial charge on any atom is -0.481 e. The van der Waals surface area contributed by atoms with Crippen molar-refractivity contribution in [3.8, 4) is 11.4 Å². The number of hydrogen-bond donors (Lipinski definition) is 1. The minimum atomic E-state index is -0.848. The lowest BCUT2D eigenvalue weighted by Gasteiger charge is -2.12. The van der Waals surface area contributed by atoms with E-state index in [1.54, 1.807) is 0 Å². The van der Waals surface area contributed by atoms with Crippen molar-refractivity contribution in [2.75, 3.05) is 0 Å². The van der Waals surface area contributed by atoms with Crippen LogP contribution >= 0.6 is 15.9 Å². The summed E-state index contributed by atoms with van der Waals surface area (Å²) in [5.41, 5.74) is 3.34. The van der Waals surface area contributed by atoms with Crippen molar-refractivity contribution in [1.82, 2.24) is 9.97 Å². The van der Waals surface area contributed by atoms with E-state index in [-0.39, 0.29) is 6.42 Å². The second kappa shape index (κ2) is 6.80. The van der Waals surface area contributed by atoms with Gasteiger partial charge in [-0.05, 0) is 25.0 Å². The first-order chi connectivity index (χ1) is 10.0. The number of aliphatic carboxylic acids is 1. The molecule has 0 aliphatic carbocycles. The number of benzene rings is 1. The maximum absolute atomic E-state index is 11.0. The van der Waals surface area contributed by atoms with E-state index in [1.165, 1.54) is 0 Å². The van der Waals surface area contributed by atoms with Crippen LogP contribution in [0.2, 0.25) is 0 Å². The van der Waals surface area contributed by atoms with Gasteiger partial charge in [0, 0.05) is 27.0 Å². The first-order valence-corrected chi connectivity index (χ1v) is 7.70. The number of nitrogens with zero attached hydrogens (tertiary/aromatic N) is 2. The molecule has 0 aliphatic heterocycles. The average Bonchev–Trinajstić information content (AvgIpc) is 2.47. The zero-order chi connectivity index (χ0) is 15.4.